The molecule has 12 heteroatoms. The Hall–Kier alpha value is -4.11. The summed E-state index contributed by atoms with van der Waals surface area (Å²) in [4.78, 5) is 28.3. The van der Waals surface area contributed by atoms with Crippen LogP contribution >= 0.6 is 11.6 Å². The molecule has 8 nitrogen and oxygen atoms in total. The zero-order valence-corrected chi connectivity index (χ0v) is 22.9. The Morgan fingerprint density at radius 1 is 1.05 bits per heavy atom. The van der Waals surface area contributed by atoms with Gasteiger partial charge in [-0.15, -0.1) is 0 Å². The highest BCUT2D eigenvalue weighted by Gasteiger charge is 2.34. The van der Waals surface area contributed by atoms with Crippen molar-refractivity contribution in [2.45, 2.75) is 19.6 Å². The van der Waals surface area contributed by atoms with E-state index < -0.39 is 17.8 Å². The van der Waals surface area contributed by atoms with Gasteiger partial charge in [-0.25, -0.2) is 14.8 Å². The molecule has 1 saturated heterocycles. The smallest absolute Gasteiger partial charge is 0.346 e. The Morgan fingerprint density at radius 3 is 2.59 bits per heavy atom. The quantitative estimate of drug-likeness (QED) is 0.259. The second-order valence-corrected chi connectivity index (χ2v) is 9.94. The third kappa shape index (κ3) is 6.97. The lowest BCUT2D eigenvalue weighted by molar-refractivity contribution is -0.138. The third-order valence-electron chi connectivity index (χ3n) is 6.84. The molecule has 0 unspecified atom stereocenters. The van der Waals surface area contributed by atoms with E-state index in [-0.39, 0.29) is 23.6 Å². The number of amides is 2. The number of H-pyrrole nitrogens is 1. The zero-order valence-electron chi connectivity index (χ0n) is 22.1. The van der Waals surface area contributed by atoms with E-state index in [1.54, 1.807) is 24.5 Å². The van der Waals surface area contributed by atoms with Crippen molar-refractivity contribution >= 4 is 40.2 Å². The standard InChI is InChI=1S/C29H27ClF3N7O/c1-2-39-11-13-40(14-12-39)18-21-5-6-22(16-24(21)29(31,32)33)37-28(41)38-25-15-19(7-9-34-25)3-4-20-17-36-27-23(26(20)30)8-10-35-27/h5-10,15-17H,2,11-14,18H2,1H3,(H,35,36)(H2,34,37,38,41). The van der Waals surface area contributed by atoms with Crippen molar-refractivity contribution < 1.29 is 18.0 Å². The number of piperazine rings is 1. The number of fused-ring (bicyclic) bond motifs is 1. The van der Waals surface area contributed by atoms with E-state index >= 15 is 0 Å². The lowest BCUT2D eigenvalue weighted by atomic mass is 10.0. The molecule has 4 aromatic rings. The molecule has 2 amide bonds. The maximum Gasteiger partial charge on any atom is 0.416 e. The van der Waals surface area contributed by atoms with E-state index in [9.17, 15) is 18.0 Å². The number of carbonyl (C=O) groups is 1. The maximum absolute atomic E-state index is 13.9. The number of nitrogens with one attached hydrogen (secondary N) is 3. The van der Waals surface area contributed by atoms with Crippen molar-refractivity contribution in [3.05, 3.63) is 82.3 Å². The van der Waals surface area contributed by atoms with Gasteiger partial charge in [0, 0.05) is 68.0 Å². The number of carbonyl (C=O) groups excluding carboxylic acids is 1. The highest BCUT2D eigenvalue weighted by atomic mass is 35.5. The number of hydrogen-bond acceptors (Lipinski definition) is 5. The summed E-state index contributed by atoms with van der Waals surface area (Å²) in [6.45, 7) is 6.25. The molecular weight excluding hydrogens is 555 g/mol. The van der Waals surface area contributed by atoms with E-state index in [0.717, 1.165) is 31.1 Å². The first-order chi connectivity index (χ1) is 19.7. The van der Waals surface area contributed by atoms with Gasteiger partial charge >= 0.3 is 12.2 Å². The Bertz CT molecular complexity index is 1620. The largest absolute Gasteiger partial charge is 0.416 e. The number of rotatable bonds is 5. The first-order valence-electron chi connectivity index (χ1n) is 13.0. The average molecular weight is 582 g/mol. The molecule has 1 aliphatic rings. The van der Waals surface area contributed by atoms with Gasteiger partial charge < -0.3 is 15.2 Å². The van der Waals surface area contributed by atoms with Crippen molar-refractivity contribution in [3.8, 4) is 11.8 Å². The number of hydrogen-bond donors (Lipinski definition) is 3. The fourth-order valence-corrected chi connectivity index (χ4v) is 4.87. The number of aromatic amines is 1. The number of halogens is 4. The second-order valence-electron chi connectivity index (χ2n) is 9.56. The minimum atomic E-state index is -4.56. The molecule has 41 heavy (non-hydrogen) atoms. The van der Waals surface area contributed by atoms with Crippen LogP contribution in [0.15, 0.2) is 55.0 Å². The molecule has 1 aromatic carbocycles. The third-order valence-corrected chi connectivity index (χ3v) is 7.25. The van der Waals surface area contributed by atoms with Gasteiger partial charge in [-0.3, -0.25) is 10.2 Å². The van der Waals surface area contributed by atoms with Crippen LogP contribution in [0.1, 0.15) is 29.2 Å². The van der Waals surface area contributed by atoms with E-state index in [4.69, 9.17) is 11.6 Å². The Morgan fingerprint density at radius 2 is 1.83 bits per heavy atom. The van der Waals surface area contributed by atoms with Crippen LogP contribution in [-0.2, 0) is 12.7 Å². The van der Waals surface area contributed by atoms with Gasteiger partial charge in [-0.1, -0.05) is 36.4 Å². The summed E-state index contributed by atoms with van der Waals surface area (Å²) in [6, 6.07) is 8.14. The summed E-state index contributed by atoms with van der Waals surface area (Å²) in [5.41, 5.74) is 1.16. The molecule has 3 N–H and O–H groups in total. The molecule has 0 atom stereocenters. The van der Waals surface area contributed by atoms with Gasteiger partial charge in [0.05, 0.1) is 16.1 Å². The number of benzene rings is 1. The van der Waals surface area contributed by atoms with Crippen molar-refractivity contribution in [1.29, 1.82) is 0 Å². The monoisotopic (exact) mass is 581 g/mol. The SMILES string of the molecule is CCN1CCN(Cc2ccc(NC(=O)Nc3cc(C#Cc4cnc5[nH]ccc5c4Cl)ccn3)cc2C(F)(F)F)CC1. The van der Waals surface area contributed by atoms with Gasteiger partial charge in [0.1, 0.15) is 11.5 Å². The molecule has 4 heterocycles. The number of anilines is 2. The number of aromatic nitrogens is 3. The average Bonchev–Trinajstić information content (AvgIpc) is 3.43. The van der Waals surface area contributed by atoms with E-state index in [1.807, 2.05) is 11.0 Å². The first-order valence-corrected chi connectivity index (χ1v) is 13.4. The first kappa shape index (κ1) is 28.4. The molecule has 5 rings (SSSR count). The Labute approximate surface area is 239 Å². The molecule has 3 aromatic heterocycles. The predicted octanol–water partition coefficient (Wildman–Crippen LogP) is 5.81. The summed E-state index contributed by atoms with van der Waals surface area (Å²) >= 11 is 6.42. The highest BCUT2D eigenvalue weighted by Crippen LogP contribution is 2.34. The van der Waals surface area contributed by atoms with Crippen molar-refractivity contribution in [1.82, 2.24) is 24.8 Å². The van der Waals surface area contributed by atoms with Crippen LogP contribution in [0.3, 0.4) is 0 Å². The number of alkyl halides is 3. The molecule has 0 saturated carbocycles. The van der Waals surface area contributed by atoms with E-state index in [1.165, 1.54) is 18.3 Å². The van der Waals surface area contributed by atoms with Crippen LogP contribution < -0.4 is 10.6 Å². The molecule has 1 fully saturated rings. The lowest BCUT2D eigenvalue weighted by Crippen LogP contribution is -2.45. The minimum absolute atomic E-state index is 0.0209. The number of likely N-dealkylation sites (N-methyl/N-ethyl adjacent to an activating group) is 1. The normalized spacial score (nSPS) is 14.5. The molecular formula is C29H27ClF3N7O. The van der Waals surface area contributed by atoms with Gasteiger partial charge in [-0.05, 0) is 42.4 Å². The summed E-state index contributed by atoms with van der Waals surface area (Å²) in [5.74, 6) is 6.11. The summed E-state index contributed by atoms with van der Waals surface area (Å²) < 4.78 is 41.8. The van der Waals surface area contributed by atoms with Crippen molar-refractivity contribution in [2.75, 3.05) is 43.4 Å². The number of urea groups is 1. The van der Waals surface area contributed by atoms with Crippen LogP contribution in [0.5, 0.6) is 0 Å². The molecule has 212 valence electrons. The van der Waals surface area contributed by atoms with Crippen molar-refractivity contribution in [2.24, 2.45) is 0 Å². The second kappa shape index (κ2) is 12.2. The molecule has 1 aliphatic heterocycles. The van der Waals surface area contributed by atoms with Crippen LogP contribution in [-0.4, -0.2) is 63.5 Å². The maximum atomic E-state index is 13.9. The molecule has 0 aliphatic carbocycles. The summed E-state index contributed by atoms with van der Waals surface area (Å²) in [6.07, 6.45) is 0.203. The van der Waals surface area contributed by atoms with Gasteiger partial charge in [0.15, 0.2) is 0 Å². The van der Waals surface area contributed by atoms with Crippen LogP contribution in [0.4, 0.5) is 29.5 Å². The Balaban J connectivity index is 1.25. The van der Waals surface area contributed by atoms with Gasteiger partial charge in [-0.2, -0.15) is 13.2 Å². The topological polar surface area (TPSA) is 89.2 Å². The van der Waals surface area contributed by atoms with E-state index in [2.05, 4.69) is 49.3 Å². The zero-order chi connectivity index (χ0) is 29.0. The summed E-state index contributed by atoms with van der Waals surface area (Å²) in [7, 11) is 0. The predicted molar refractivity (Wildman–Crippen MR) is 153 cm³/mol. The van der Waals surface area contributed by atoms with Crippen molar-refractivity contribution in [3.63, 3.8) is 0 Å². The minimum Gasteiger partial charge on any atom is -0.346 e. The number of pyridine rings is 2. The highest BCUT2D eigenvalue weighted by molar-refractivity contribution is 6.36. The number of nitrogens with zero attached hydrogens (tertiary/aromatic N) is 4. The van der Waals surface area contributed by atoms with Gasteiger partial charge in [0.2, 0.25) is 0 Å². The van der Waals surface area contributed by atoms with Crippen LogP contribution in [0.2, 0.25) is 5.02 Å². The fraction of sp³-hybridized carbons (Fsp3) is 0.276. The Kier molecular flexibility index (Phi) is 8.44. The van der Waals surface area contributed by atoms with Crippen LogP contribution in [0.25, 0.3) is 11.0 Å². The molecule has 0 spiro atoms. The fourth-order valence-electron chi connectivity index (χ4n) is 4.62. The summed E-state index contributed by atoms with van der Waals surface area (Å²) in [5, 5.41) is 6.24. The molecule has 0 radical (unpaired) electrons. The lowest BCUT2D eigenvalue weighted by Gasteiger charge is -2.34. The van der Waals surface area contributed by atoms with E-state index in [0.29, 0.717) is 34.9 Å². The molecule has 0 bridgehead atoms. The van der Waals surface area contributed by atoms with Crippen LogP contribution in [0, 0.1) is 11.8 Å². The van der Waals surface area contributed by atoms with Gasteiger partial charge in [0.25, 0.3) is 0 Å².